The van der Waals surface area contributed by atoms with Crippen LogP contribution in [0.5, 0.6) is 0 Å². The Bertz CT molecular complexity index is 657. The van der Waals surface area contributed by atoms with E-state index in [1.807, 2.05) is 4.90 Å². The molecule has 1 amide bonds. The van der Waals surface area contributed by atoms with Gasteiger partial charge in [0.2, 0.25) is 0 Å². The highest BCUT2D eigenvalue weighted by molar-refractivity contribution is 7.16. The zero-order valence-corrected chi connectivity index (χ0v) is 15.5. The van der Waals surface area contributed by atoms with E-state index in [0.717, 1.165) is 43.0 Å². The summed E-state index contributed by atoms with van der Waals surface area (Å²) in [5.74, 6) is 0.197. The lowest BCUT2D eigenvalue weighted by Crippen LogP contribution is -2.31. The second-order valence-corrected chi connectivity index (χ2v) is 7.96. The first-order chi connectivity index (χ1) is 11.2. The topological polar surface area (TPSA) is 32.3 Å². The molecule has 2 aromatic rings. The Morgan fingerprint density at radius 3 is 2.74 bits per heavy atom. The molecule has 2 heterocycles. The maximum absolute atomic E-state index is 13.0. The number of nitrogens with zero attached hydrogens (tertiary/aromatic N) is 1. The molecule has 2 aromatic heterocycles. The van der Waals surface area contributed by atoms with Crippen LogP contribution in [0.4, 0.5) is 5.00 Å². The number of hydrogen-bond acceptors (Lipinski definition) is 4. The molecule has 3 nitrogen and oxygen atoms in total. The monoisotopic (exact) mass is 348 g/mol. The maximum atomic E-state index is 13.0. The Morgan fingerprint density at radius 2 is 2.04 bits per heavy atom. The van der Waals surface area contributed by atoms with Crippen LogP contribution in [0.2, 0.25) is 0 Å². The predicted octanol–water partition coefficient (Wildman–Crippen LogP) is 4.78. The summed E-state index contributed by atoms with van der Waals surface area (Å²) in [4.78, 5) is 17.7. The second-order valence-electron chi connectivity index (χ2n) is 5.83. The van der Waals surface area contributed by atoms with E-state index >= 15 is 0 Å². The third kappa shape index (κ3) is 3.45. The molecule has 1 aliphatic carbocycles. The number of rotatable bonds is 6. The highest BCUT2D eigenvalue weighted by Crippen LogP contribution is 2.39. The number of amides is 1. The van der Waals surface area contributed by atoms with Crippen LogP contribution in [0.15, 0.2) is 17.5 Å². The molecule has 3 rings (SSSR count). The number of anilines is 1. The average molecular weight is 349 g/mol. The molecular weight excluding hydrogens is 324 g/mol. The number of carbonyl (C=O) groups excluding carboxylic acids is 1. The summed E-state index contributed by atoms with van der Waals surface area (Å²) in [6.07, 6.45) is 4.62. The standard InChI is InChI=1S/C18H24N2OS2/c1-3-20(4-2)18(21)16-14-9-5-6-10-15(14)23-17(16)19-12-13-8-7-11-22-13/h7-8,11,19H,3-6,9-10,12H2,1-2H3. The zero-order valence-electron chi connectivity index (χ0n) is 13.9. The van der Waals surface area contributed by atoms with E-state index in [-0.39, 0.29) is 5.91 Å². The van der Waals surface area contributed by atoms with Gasteiger partial charge in [-0.05, 0) is 56.5 Å². The van der Waals surface area contributed by atoms with Gasteiger partial charge in [-0.1, -0.05) is 6.07 Å². The summed E-state index contributed by atoms with van der Waals surface area (Å²) in [6, 6.07) is 4.21. The molecule has 5 heteroatoms. The van der Waals surface area contributed by atoms with Gasteiger partial charge < -0.3 is 10.2 Å². The lowest BCUT2D eigenvalue weighted by Gasteiger charge is -2.21. The van der Waals surface area contributed by atoms with Gasteiger partial charge in [-0.25, -0.2) is 0 Å². The molecule has 1 N–H and O–H groups in total. The van der Waals surface area contributed by atoms with Gasteiger partial charge in [-0.3, -0.25) is 4.79 Å². The third-order valence-electron chi connectivity index (χ3n) is 4.44. The van der Waals surface area contributed by atoms with E-state index in [2.05, 4.69) is 36.7 Å². The van der Waals surface area contributed by atoms with Crippen molar-refractivity contribution in [1.29, 1.82) is 0 Å². The van der Waals surface area contributed by atoms with Gasteiger partial charge in [0.1, 0.15) is 5.00 Å². The molecule has 0 spiro atoms. The molecule has 0 bridgehead atoms. The molecule has 0 saturated heterocycles. The lowest BCUT2D eigenvalue weighted by molar-refractivity contribution is 0.0773. The number of thiophene rings is 2. The zero-order chi connectivity index (χ0) is 16.2. The summed E-state index contributed by atoms with van der Waals surface area (Å²) in [5.41, 5.74) is 2.26. The third-order valence-corrected chi connectivity index (χ3v) is 6.56. The van der Waals surface area contributed by atoms with Crippen molar-refractivity contribution in [1.82, 2.24) is 4.90 Å². The van der Waals surface area contributed by atoms with Crippen molar-refractivity contribution in [3.05, 3.63) is 38.4 Å². The van der Waals surface area contributed by atoms with Gasteiger partial charge >= 0.3 is 0 Å². The lowest BCUT2D eigenvalue weighted by atomic mass is 9.95. The van der Waals surface area contributed by atoms with Crippen LogP contribution in [0.1, 0.15) is 52.4 Å². The molecular formula is C18H24N2OS2. The molecule has 0 fully saturated rings. The highest BCUT2D eigenvalue weighted by atomic mass is 32.1. The summed E-state index contributed by atoms with van der Waals surface area (Å²) < 4.78 is 0. The van der Waals surface area contributed by atoms with Crippen molar-refractivity contribution >= 4 is 33.6 Å². The fraction of sp³-hybridized carbons (Fsp3) is 0.500. The predicted molar refractivity (Wildman–Crippen MR) is 99.9 cm³/mol. The van der Waals surface area contributed by atoms with Crippen LogP contribution in [-0.2, 0) is 19.4 Å². The Labute approximate surface area is 146 Å². The first-order valence-corrected chi connectivity index (χ1v) is 10.1. The Kier molecular flexibility index (Phi) is 5.38. The van der Waals surface area contributed by atoms with E-state index in [1.165, 1.54) is 28.2 Å². The summed E-state index contributed by atoms with van der Waals surface area (Å²) in [7, 11) is 0. The average Bonchev–Trinajstić information content (AvgIpc) is 3.21. The van der Waals surface area contributed by atoms with E-state index < -0.39 is 0 Å². The highest BCUT2D eigenvalue weighted by Gasteiger charge is 2.27. The minimum absolute atomic E-state index is 0.197. The minimum atomic E-state index is 0.197. The van der Waals surface area contributed by atoms with Crippen molar-refractivity contribution < 1.29 is 4.79 Å². The fourth-order valence-electron chi connectivity index (χ4n) is 3.17. The van der Waals surface area contributed by atoms with Crippen molar-refractivity contribution in [2.75, 3.05) is 18.4 Å². The quantitative estimate of drug-likeness (QED) is 0.814. The number of nitrogens with one attached hydrogen (secondary N) is 1. The Hall–Kier alpha value is -1.33. The summed E-state index contributed by atoms with van der Waals surface area (Å²) in [6.45, 7) is 6.45. The van der Waals surface area contributed by atoms with Gasteiger partial charge in [-0.2, -0.15) is 0 Å². The van der Waals surface area contributed by atoms with Gasteiger partial charge in [0.05, 0.1) is 12.1 Å². The smallest absolute Gasteiger partial charge is 0.257 e. The maximum Gasteiger partial charge on any atom is 0.257 e. The van der Waals surface area contributed by atoms with Crippen LogP contribution >= 0.6 is 22.7 Å². The van der Waals surface area contributed by atoms with E-state index in [9.17, 15) is 4.79 Å². The molecule has 0 saturated carbocycles. The second kappa shape index (κ2) is 7.49. The van der Waals surface area contributed by atoms with Gasteiger partial charge in [0, 0.05) is 22.8 Å². The van der Waals surface area contributed by atoms with E-state index in [4.69, 9.17) is 0 Å². The molecule has 0 aromatic carbocycles. The number of carbonyl (C=O) groups is 1. The van der Waals surface area contributed by atoms with Crippen molar-refractivity contribution in [3.63, 3.8) is 0 Å². The molecule has 0 aliphatic heterocycles. The molecule has 0 atom stereocenters. The molecule has 0 radical (unpaired) electrons. The SMILES string of the molecule is CCN(CC)C(=O)c1c(NCc2cccs2)sc2c1CCCC2. The molecule has 1 aliphatic rings. The fourth-order valence-corrected chi connectivity index (χ4v) is 5.09. The van der Waals surface area contributed by atoms with Gasteiger partial charge in [-0.15, -0.1) is 22.7 Å². The largest absolute Gasteiger partial charge is 0.371 e. The van der Waals surface area contributed by atoms with Gasteiger partial charge in [0.15, 0.2) is 0 Å². The van der Waals surface area contributed by atoms with Crippen LogP contribution in [0, 0.1) is 0 Å². The minimum Gasteiger partial charge on any atom is -0.371 e. The summed E-state index contributed by atoms with van der Waals surface area (Å²) in [5, 5.41) is 6.71. The van der Waals surface area contributed by atoms with Crippen molar-refractivity contribution in [2.24, 2.45) is 0 Å². The van der Waals surface area contributed by atoms with Crippen LogP contribution in [-0.4, -0.2) is 23.9 Å². The van der Waals surface area contributed by atoms with Crippen LogP contribution < -0.4 is 5.32 Å². The molecule has 124 valence electrons. The molecule has 0 unspecified atom stereocenters. The summed E-state index contributed by atoms with van der Waals surface area (Å²) >= 11 is 3.55. The molecule has 23 heavy (non-hydrogen) atoms. The Balaban J connectivity index is 1.90. The number of fused-ring (bicyclic) bond motifs is 1. The first kappa shape index (κ1) is 16.5. The van der Waals surface area contributed by atoms with Crippen LogP contribution in [0.25, 0.3) is 0 Å². The van der Waals surface area contributed by atoms with E-state index in [1.54, 1.807) is 22.7 Å². The van der Waals surface area contributed by atoms with Crippen LogP contribution in [0.3, 0.4) is 0 Å². The number of hydrogen-bond donors (Lipinski definition) is 1. The van der Waals surface area contributed by atoms with Crippen molar-refractivity contribution in [2.45, 2.75) is 46.1 Å². The van der Waals surface area contributed by atoms with Crippen molar-refractivity contribution in [3.8, 4) is 0 Å². The first-order valence-electron chi connectivity index (χ1n) is 8.44. The normalized spacial score (nSPS) is 13.7. The van der Waals surface area contributed by atoms with Gasteiger partial charge in [0.25, 0.3) is 5.91 Å². The van der Waals surface area contributed by atoms with E-state index in [0.29, 0.717) is 0 Å². The Morgan fingerprint density at radius 1 is 1.26 bits per heavy atom. The number of aryl methyl sites for hydroxylation is 1.